The summed E-state index contributed by atoms with van der Waals surface area (Å²) in [5, 5.41) is 23.6. The van der Waals surface area contributed by atoms with E-state index in [0.717, 1.165) is 29.5 Å². The fourth-order valence-corrected chi connectivity index (χ4v) is 5.83. The smallest absolute Gasteiger partial charge is 0.250 e. The topological polar surface area (TPSA) is 92.4 Å². The third-order valence-electron chi connectivity index (χ3n) is 5.02. The van der Waals surface area contributed by atoms with Crippen molar-refractivity contribution in [2.75, 3.05) is 5.75 Å². The highest BCUT2D eigenvalue weighted by Crippen LogP contribution is 2.28. The minimum atomic E-state index is -0.290. The summed E-state index contributed by atoms with van der Waals surface area (Å²) >= 11 is 5.50. The van der Waals surface area contributed by atoms with Crippen molar-refractivity contribution in [2.24, 2.45) is 5.10 Å². The van der Waals surface area contributed by atoms with Crippen LogP contribution in [0.2, 0.25) is 0 Å². The standard InChI is InChI=1S/C25H21I2N5O2S/c1-15-3-7-17(8-4-15)24-30-31-25(32(24)20-9-5-16(2)6-10-20)35-14-22(33)29-28-13-18-11-19(26)12-21(27)23(18)34/h3-13,34H,14H2,1-2H3,(H,29,33). The molecule has 35 heavy (non-hydrogen) atoms. The van der Waals surface area contributed by atoms with Crippen molar-refractivity contribution in [1.82, 2.24) is 20.2 Å². The third-order valence-corrected chi connectivity index (χ3v) is 7.39. The summed E-state index contributed by atoms with van der Waals surface area (Å²) in [7, 11) is 0. The number of halogens is 2. The molecule has 0 saturated heterocycles. The Morgan fingerprint density at radius 3 is 2.40 bits per heavy atom. The van der Waals surface area contributed by atoms with Gasteiger partial charge in [-0.1, -0.05) is 59.3 Å². The SMILES string of the molecule is Cc1ccc(-c2nnc(SCC(=O)NN=Cc3cc(I)cc(I)c3O)n2-c2ccc(C)cc2)cc1. The van der Waals surface area contributed by atoms with E-state index in [4.69, 9.17) is 0 Å². The lowest BCUT2D eigenvalue weighted by Gasteiger charge is -2.11. The third kappa shape index (κ3) is 6.41. The van der Waals surface area contributed by atoms with Crippen molar-refractivity contribution >= 4 is 69.1 Å². The molecule has 178 valence electrons. The molecule has 0 spiro atoms. The number of phenolic OH excluding ortho intramolecular Hbond substituents is 1. The quantitative estimate of drug-likeness (QED) is 0.111. The highest BCUT2D eigenvalue weighted by Gasteiger charge is 2.17. The Kier molecular flexibility index (Phi) is 8.44. The molecule has 3 aromatic carbocycles. The number of phenols is 1. The maximum atomic E-state index is 12.5. The molecule has 0 aliphatic carbocycles. The highest BCUT2D eigenvalue weighted by molar-refractivity contribution is 14.1. The number of nitrogens with zero attached hydrogens (tertiary/aromatic N) is 4. The lowest BCUT2D eigenvalue weighted by Crippen LogP contribution is -2.20. The average Bonchev–Trinajstić information content (AvgIpc) is 3.25. The Hall–Kier alpha value is -2.45. The van der Waals surface area contributed by atoms with Crippen molar-refractivity contribution in [3.05, 3.63) is 84.5 Å². The first-order valence-electron chi connectivity index (χ1n) is 10.5. The molecule has 4 rings (SSSR count). The lowest BCUT2D eigenvalue weighted by molar-refractivity contribution is -0.118. The predicted molar refractivity (Wildman–Crippen MR) is 156 cm³/mol. The number of aromatic hydroxyl groups is 1. The van der Waals surface area contributed by atoms with Crippen LogP contribution in [0.15, 0.2) is 70.9 Å². The maximum absolute atomic E-state index is 12.5. The van der Waals surface area contributed by atoms with Crippen LogP contribution in [0.25, 0.3) is 17.1 Å². The number of hydrogen-bond donors (Lipinski definition) is 2. The van der Waals surface area contributed by atoms with Crippen molar-refractivity contribution < 1.29 is 9.90 Å². The molecule has 0 aliphatic rings. The summed E-state index contributed by atoms with van der Waals surface area (Å²) in [5.74, 6) is 0.651. The molecule has 0 aliphatic heterocycles. The van der Waals surface area contributed by atoms with Gasteiger partial charge < -0.3 is 5.11 Å². The van der Waals surface area contributed by atoms with E-state index in [2.05, 4.69) is 65.9 Å². The van der Waals surface area contributed by atoms with Gasteiger partial charge in [0, 0.05) is 20.4 Å². The van der Waals surface area contributed by atoms with Gasteiger partial charge in [-0.05, 0) is 83.3 Å². The van der Waals surface area contributed by atoms with Crippen LogP contribution in [0.5, 0.6) is 5.75 Å². The van der Waals surface area contributed by atoms with Crippen LogP contribution in [-0.4, -0.2) is 37.7 Å². The molecule has 0 unspecified atom stereocenters. The molecule has 0 bridgehead atoms. The summed E-state index contributed by atoms with van der Waals surface area (Å²) in [6, 6.07) is 19.8. The second-order valence-electron chi connectivity index (χ2n) is 7.75. The largest absolute Gasteiger partial charge is 0.506 e. The molecule has 0 fully saturated rings. The molecule has 1 heterocycles. The van der Waals surface area contributed by atoms with E-state index in [1.807, 2.05) is 73.0 Å². The van der Waals surface area contributed by atoms with Gasteiger partial charge in [0.1, 0.15) is 5.75 Å². The van der Waals surface area contributed by atoms with Crippen molar-refractivity contribution in [2.45, 2.75) is 19.0 Å². The average molecular weight is 709 g/mol. The first-order chi connectivity index (χ1) is 16.8. The number of hydrogen-bond acceptors (Lipinski definition) is 6. The Labute approximate surface area is 234 Å². The second-order valence-corrected chi connectivity index (χ2v) is 11.1. The summed E-state index contributed by atoms with van der Waals surface area (Å²) in [5.41, 5.74) is 7.23. The number of carbonyl (C=O) groups excluding carboxylic acids is 1. The van der Waals surface area contributed by atoms with Gasteiger partial charge in [-0.2, -0.15) is 5.10 Å². The molecule has 0 radical (unpaired) electrons. The zero-order valence-corrected chi connectivity index (χ0v) is 24.0. The van der Waals surface area contributed by atoms with Gasteiger partial charge >= 0.3 is 0 Å². The van der Waals surface area contributed by atoms with Crippen molar-refractivity contribution in [3.63, 3.8) is 0 Å². The number of carbonyl (C=O) groups is 1. The molecule has 0 atom stereocenters. The number of benzene rings is 3. The summed E-state index contributed by atoms with van der Waals surface area (Å²) in [4.78, 5) is 12.5. The first-order valence-corrected chi connectivity index (χ1v) is 13.7. The number of aromatic nitrogens is 3. The lowest BCUT2D eigenvalue weighted by atomic mass is 10.1. The molecule has 7 nitrogen and oxygen atoms in total. The first kappa shape index (κ1) is 25.6. The number of rotatable bonds is 7. The summed E-state index contributed by atoms with van der Waals surface area (Å²) in [6.07, 6.45) is 1.44. The van der Waals surface area contributed by atoms with Crippen LogP contribution in [0.4, 0.5) is 0 Å². The fourth-order valence-electron chi connectivity index (χ4n) is 3.20. The van der Waals surface area contributed by atoms with Gasteiger partial charge in [0.2, 0.25) is 0 Å². The van der Waals surface area contributed by atoms with Gasteiger partial charge in [0.15, 0.2) is 11.0 Å². The van der Waals surface area contributed by atoms with E-state index in [9.17, 15) is 9.90 Å². The van der Waals surface area contributed by atoms with Crippen molar-refractivity contribution in [3.8, 4) is 22.8 Å². The Balaban J connectivity index is 1.51. The second kappa shape index (κ2) is 11.5. The van der Waals surface area contributed by atoms with Crippen LogP contribution in [0.3, 0.4) is 0 Å². The highest BCUT2D eigenvalue weighted by atomic mass is 127. The number of hydrazone groups is 1. The van der Waals surface area contributed by atoms with Crippen LogP contribution >= 0.6 is 56.9 Å². The number of nitrogens with one attached hydrogen (secondary N) is 1. The molecule has 4 aromatic rings. The van der Waals surface area contributed by atoms with E-state index in [1.54, 1.807) is 6.07 Å². The van der Waals surface area contributed by atoms with Crippen LogP contribution < -0.4 is 5.43 Å². The molecule has 2 N–H and O–H groups in total. The number of thioether (sulfide) groups is 1. The van der Waals surface area contributed by atoms with Crippen LogP contribution in [0, 0.1) is 21.0 Å². The minimum absolute atomic E-state index is 0.102. The number of aryl methyl sites for hydroxylation is 2. The molecule has 10 heteroatoms. The molecular weight excluding hydrogens is 688 g/mol. The van der Waals surface area contributed by atoms with Gasteiger partial charge in [0.25, 0.3) is 5.91 Å². The van der Waals surface area contributed by atoms with E-state index in [1.165, 1.54) is 18.0 Å². The van der Waals surface area contributed by atoms with Gasteiger partial charge in [0.05, 0.1) is 15.5 Å². The zero-order chi connectivity index (χ0) is 24.9. The minimum Gasteiger partial charge on any atom is -0.506 e. The molecule has 1 amide bonds. The number of amides is 1. The zero-order valence-electron chi connectivity index (χ0n) is 18.9. The van der Waals surface area contributed by atoms with Crippen LogP contribution in [0.1, 0.15) is 16.7 Å². The van der Waals surface area contributed by atoms with E-state index >= 15 is 0 Å². The summed E-state index contributed by atoms with van der Waals surface area (Å²) in [6.45, 7) is 4.08. The Morgan fingerprint density at radius 2 is 1.71 bits per heavy atom. The van der Waals surface area contributed by atoms with Gasteiger partial charge in [-0.3, -0.25) is 9.36 Å². The predicted octanol–water partition coefficient (Wildman–Crippen LogP) is 5.71. The normalized spacial score (nSPS) is 11.2. The monoisotopic (exact) mass is 709 g/mol. The fraction of sp³-hybridized carbons (Fsp3) is 0.120. The van der Waals surface area contributed by atoms with Crippen molar-refractivity contribution in [1.29, 1.82) is 0 Å². The van der Waals surface area contributed by atoms with E-state index in [0.29, 0.717) is 16.5 Å². The summed E-state index contributed by atoms with van der Waals surface area (Å²) < 4.78 is 3.64. The molecular formula is C25H21I2N5O2S. The van der Waals surface area contributed by atoms with Gasteiger partial charge in [-0.15, -0.1) is 10.2 Å². The van der Waals surface area contributed by atoms with E-state index < -0.39 is 0 Å². The Morgan fingerprint density at radius 1 is 1.06 bits per heavy atom. The van der Waals surface area contributed by atoms with Crippen LogP contribution in [-0.2, 0) is 4.79 Å². The Bertz CT molecular complexity index is 1390. The maximum Gasteiger partial charge on any atom is 0.250 e. The van der Waals surface area contributed by atoms with E-state index in [-0.39, 0.29) is 17.4 Å². The van der Waals surface area contributed by atoms with Gasteiger partial charge in [-0.25, -0.2) is 5.43 Å². The molecule has 0 saturated carbocycles. The molecule has 1 aromatic heterocycles.